The summed E-state index contributed by atoms with van der Waals surface area (Å²) in [5.74, 6) is 0. The Morgan fingerprint density at radius 2 is 1.77 bits per heavy atom. The van der Waals surface area contributed by atoms with Gasteiger partial charge in [-0.2, -0.15) is 0 Å². The summed E-state index contributed by atoms with van der Waals surface area (Å²) in [4.78, 5) is 24.8. The van der Waals surface area contributed by atoms with Gasteiger partial charge in [0.05, 0.1) is 36.0 Å². The average Bonchev–Trinajstić information content (AvgIpc) is 3.31. The Hall–Kier alpha value is -4.25. The van der Waals surface area contributed by atoms with E-state index in [1.807, 2.05) is 19.2 Å². The van der Waals surface area contributed by atoms with E-state index in [1.165, 1.54) is 6.07 Å². The van der Waals surface area contributed by atoms with E-state index in [1.54, 1.807) is 77.2 Å². The number of benzene rings is 2. The second-order valence-electron chi connectivity index (χ2n) is 8.29. The third-order valence-electron chi connectivity index (χ3n) is 6.26. The summed E-state index contributed by atoms with van der Waals surface area (Å²) in [6, 6.07) is 19.1. The monoisotopic (exact) mass is 481 g/mol. The molecule has 5 aromatic rings. The Balaban J connectivity index is 1.83. The van der Waals surface area contributed by atoms with Gasteiger partial charge in [-0.05, 0) is 35.4 Å². The highest BCUT2D eigenvalue weighted by Crippen LogP contribution is 2.39. The van der Waals surface area contributed by atoms with E-state index in [4.69, 9.17) is 18.2 Å². The van der Waals surface area contributed by atoms with E-state index >= 15 is 0 Å². The highest BCUT2D eigenvalue weighted by Gasteiger charge is 2.37. The number of pyridine rings is 2. The van der Waals surface area contributed by atoms with Crippen LogP contribution >= 0.6 is 11.6 Å². The third kappa shape index (κ3) is 3.69. The summed E-state index contributed by atoms with van der Waals surface area (Å²) < 4.78 is 3.31. The van der Waals surface area contributed by atoms with Crippen molar-refractivity contribution in [3.8, 4) is 11.3 Å². The molecule has 0 bridgehead atoms. The van der Waals surface area contributed by atoms with Gasteiger partial charge in [0.15, 0.2) is 11.3 Å². The maximum absolute atomic E-state index is 12.7. The van der Waals surface area contributed by atoms with Crippen molar-refractivity contribution in [3.05, 3.63) is 123 Å². The summed E-state index contributed by atoms with van der Waals surface area (Å²) in [5.41, 5.74) is 2.29. The molecule has 0 saturated heterocycles. The molecule has 0 saturated carbocycles. The highest BCUT2D eigenvalue weighted by atomic mass is 35.5. The lowest BCUT2D eigenvalue weighted by atomic mass is 9.82. The number of rotatable bonds is 4. The number of hydrogen-bond acceptors (Lipinski definition) is 4. The van der Waals surface area contributed by atoms with Crippen LogP contribution in [0.5, 0.6) is 0 Å². The van der Waals surface area contributed by atoms with Gasteiger partial charge in [-0.3, -0.25) is 4.79 Å². The molecule has 2 aromatic carbocycles. The molecule has 5 rings (SSSR count). The van der Waals surface area contributed by atoms with Gasteiger partial charge in [0, 0.05) is 31.1 Å². The summed E-state index contributed by atoms with van der Waals surface area (Å²) in [5, 5.41) is 13.4. The minimum atomic E-state index is -1.58. The molecule has 0 unspecified atom stereocenters. The van der Waals surface area contributed by atoms with E-state index in [2.05, 4.69) is 14.8 Å². The summed E-state index contributed by atoms with van der Waals surface area (Å²) >= 11 is 6.15. The Morgan fingerprint density at radius 1 is 1.03 bits per heavy atom. The Kier molecular flexibility index (Phi) is 5.48. The summed E-state index contributed by atoms with van der Waals surface area (Å²) in [6.45, 7) is 7.26. The Bertz CT molecular complexity index is 1680. The predicted molar refractivity (Wildman–Crippen MR) is 135 cm³/mol. The lowest BCUT2D eigenvalue weighted by Gasteiger charge is -2.30. The van der Waals surface area contributed by atoms with Crippen LogP contribution in [0.1, 0.15) is 16.8 Å². The molecule has 35 heavy (non-hydrogen) atoms. The number of aryl methyl sites for hydroxylation is 2. The van der Waals surface area contributed by atoms with Gasteiger partial charge in [0.25, 0.3) is 5.56 Å². The van der Waals surface area contributed by atoms with Crippen molar-refractivity contribution in [1.82, 2.24) is 19.1 Å². The zero-order valence-electron chi connectivity index (χ0n) is 19.0. The molecule has 1 atom stereocenters. The predicted octanol–water partition coefficient (Wildman–Crippen LogP) is 4.82. The van der Waals surface area contributed by atoms with Crippen LogP contribution in [0, 0.1) is 6.57 Å². The lowest BCUT2D eigenvalue weighted by molar-refractivity contribution is 0.117. The smallest absolute Gasteiger partial charge is 0.251 e. The molecule has 7 nitrogen and oxygen atoms in total. The fourth-order valence-corrected chi connectivity index (χ4v) is 4.57. The van der Waals surface area contributed by atoms with Crippen LogP contribution in [-0.2, 0) is 19.7 Å². The van der Waals surface area contributed by atoms with Gasteiger partial charge in [0.1, 0.15) is 5.15 Å². The van der Waals surface area contributed by atoms with Crippen molar-refractivity contribution in [2.24, 2.45) is 14.1 Å². The molecule has 3 aromatic heterocycles. The van der Waals surface area contributed by atoms with Crippen LogP contribution in [0.2, 0.25) is 5.15 Å². The maximum Gasteiger partial charge on any atom is 0.251 e. The van der Waals surface area contributed by atoms with Crippen LogP contribution in [0.3, 0.4) is 0 Å². The van der Waals surface area contributed by atoms with E-state index in [9.17, 15) is 9.90 Å². The molecule has 0 amide bonds. The molecule has 0 aliphatic rings. The summed E-state index contributed by atoms with van der Waals surface area (Å²) in [7, 11) is 3.52. The van der Waals surface area contributed by atoms with Crippen LogP contribution in [0.15, 0.2) is 84.0 Å². The highest BCUT2D eigenvalue weighted by molar-refractivity contribution is 6.29. The van der Waals surface area contributed by atoms with Crippen molar-refractivity contribution in [3.63, 3.8) is 0 Å². The first kappa shape index (κ1) is 22.5. The number of fused-ring (bicyclic) bond motifs is 1. The number of halogens is 1. The second kappa shape index (κ2) is 8.51. The van der Waals surface area contributed by atoms with E-state index < -0.39 is 5.60 Å². The van der Waals surface area contributed by atoms with Gasteiger partial charge in [-0.25, -0.2) is 14.8 Å². The standard InChI is InChI=1S/C27H20ClN5O2/c1-29-19-10-7-17(8-11-19)27(35,24-15-30-16-32(24)2)18-9-12-23-21(13-18)20(14-26(34)33(23)3)22-5-4-6-25(28)31-22/h4-16,35H,2-3H3/t27-/m1/s1. The van der Waals surface area contributed by atoms with Gasteiger partial charge in [-0.15, -0.1) is 0 Å². The van der Waals surface area contributed by atoms with Gasteiger partial charge >= 0.3 is 0 Å². The molecule has 3 heterocycles. The van der Waals surface area contributed by atoms with Crippen molar-refractivity contribution >= 4 is 28.2 Å². The first-order chi connectivity index (χ1) is 16.8. The molecular weight excluding hydrogens is 462 g/mol. The SMILES string of the molecule is [C-]#[N+]c1ccc([C@@](O)(c2ccc3c(c2)c(-c2cccc(Cl)n2)cc(=O)n3C)c2cncn2C)cc1. The lowest BCUT2D eigenvalue weighted by Crippen LogP contribution is -2.31. The number of aromatic nitrogens is 4. The quantitative estimate of drug-likeness (QED) is 0.295. The topological polar surface area (TPSA) is 77.3 Å². The molecule has 0 aliphatic heterocycles. The minimum Gasteiger partial charge on any atom is -0.374 e. The normalized spacial score (nSPS) is 12.9. The van der Waals surface area contributed by atoms with E-state index in [0.29, 0.717) is 44.4 Å². The van der Waals surface area contributed by atoms with Gasteiger partial charge in [-0.1, -0.05) is 48.0 Å². The Morgan fingerprint density at radius 3 is 2.43 bits per heavy atom. The van der Waals surface area contributed by atoms with Crippen molar-refractivity contribution in [2.45, 2.75) is 5.60 Å². The first-order valence-electron chi connectivity index (χ1n) is 10.8. The molecule has 172 valence electrons. The third-order valence-corrected chi connectivity index (χ3v) is 6.47. The first-order valence-corrected chi connectivity index (χ1v) is 11.1. The fourth-order valence-electron chi connectivity index (χ4n) is 4.40. The fraction of sp³-hybridized carbons (Fsp3) is 0.111. The summed E-state index contributed by atoms with van der Waals surface area (Å²) in [6.07, 6.45) is 3.24. The van der Waals surface area contributed by atoms with Crippen LogP contribution in [0.4, 0.5) is 5.69 Å². The van der Waals surface area contributed by atoms with E-state index in [-0.39, 0.29) is 5.56 Å². The average molecular weight is 482 g/mol. The molecule has 8 heteroatoms. The molecule has 0 spiro atoms. The molecule has 1 N–H and O–H groups in total. The van der Waals surface area contributed by atoms with Crippen LogP contribution in [0.25, 0.3) is 27.0 Å². The number of hydrogen-bond donors (Lipinski definition) is 1. The van der Waals surface area contributed by atoms with Crippen LogP contribution < -0.4 is 5.56 Å². The minimum absolute atomic E-state index is 0.182. The zero-order valence-corrected chi connectivity index (χ0v) is 19.7. The largest absolute Gasteiger partial charge is 0.374 e. The molecule has 0 radical (unpaired) electrons. The van der Waals surface area contributed by atoms with Crippen LogP contribution in [-0.4, -0.2) is 24.2 Å². The molecule has 0 fully saturated rings. The van der Waals surface area contributed by atoms with Gasteiger partial charge < -0.3 is 14.2 Å². The molecule has 0 aliphatic carbocycles. The van der Waals surface area contributed by atoms with Gasteiger partial charge in [0.2, 0.25) is 0 Å². The number of nitrogens with zero attached hydrogens (tertiary/aromatic N) is 5. The second-order valence-corrected chi connectivity index (χ2v) is 8.68. The molecular formula is C27H20ClN5O2. The number of imidazole rings is 1. The number of aliphatic hydroxyl groups is 1. The van der Waals surface area contributed by atoms with Crippen molar-refractivity contribution in [1.29, 1.82) is 0 Å². The Labute approximate surface area is 206 Å². The van der Waals surface area contributed by atoms with Crippen molar-refractivity contribution < 1.29 is 5.11 Å². The maximum atomic E-state index is 12.7. The van der Waals surface area contributed by atoms with Crippen molar-refractivity contribution in [2.75, 3.05) is 0 Å². The van der Waals surface area contributed by atoms with E-state index in [0.717, 1.165) is 5.39 Å². The zero-order chi connectivity index (χ0) is 24.7.